The van der Waals surface area contributed by atoms with E-state index in [1.165, 1.54) is 0 Å². The van der Waals surface area contributed by atoms with Gasteiger partial charge in [0, 0.05) is 6.42 Å². The van der Waals surface area contributed by atoms with E-state index >= 15 is 0 Å². The second-order valence-corrected chi connectivity index (χ2v) is 13.7. The molecule has 0 bridgehead atoms. The summed E-state index contributed by atoms with van der Waals surface area (Å²) in [4.78, 5) is 12.9. The average Bonchev–Trinajstić information content (AvgIpc) is 3.18. The van der Waals surface area contributed by atoms with E-state index in [2.05, 4.69) is 61.7 Å². The number of hydrogen-bond acceptors (Lipinski definition) is 13. The molecule has 2 heterocycles. The predicted molar refractivity (Wildman–Crippen MR) is 207 cm³/mol. The molecule has 0 aliphatic carbocycles. The highest BCUT2D eigenvalue weighted by Gasteiger charge is 2.50. The standard InChI is InChI=1S/C41H67NO13/c1-3-5-7-9-11-12-13-14-15-16-17-18-19-21-23-25-33(46)42-29(30(45)24-22-20-10-8-6-4-2)28-52-40-38(51)36(49)39(32(27-44)54-40)55-41-37(50)35(48)34(47)31(26-43)53-41/h5,7,11-12,14-15,17-18,21-24,29-32,34-41,43-45,47-51H,3-4,6,8-10,13,16,19-20,25-28H2,1-2H3,(H,42,46)/b7-5-,12-11-,15-14-,18-17-,23-21-,24-22+. The summed E-state index contributed by atoms with van der Waals surface area (Å²) in [6, 6.07) is -0.967. The Morgan fingerprint density at radius 3 is 1.82 bits per heavy atom. The van der Waals surface area contributed by atoms with Gasteiger partial charge < -0.3 is 65.1 Å². The first-order valence-corrected chi connectivity index (χ1v) is 19.7. The SMILES string of the molecule is CC/C=C\C/C=C\C/C=C\C/C=C\C/C=C\CC(=O)NC(COC1OC(CO)C(OC2OC(CO)C(O)C(O)C2O)C(O)C1O)C(O)/C=C/CCCCCC. The van der Waals surface area contributed by atoms with Crippen molar-refractivity contribution in [1.82, 2.24) is 5.32 Å². The Morgan fingerprint density at radius 1 is 0.673 bits per heavy atom. The number of carbonyl (C=O) groups excluding carboxylic acids is 1. The van der Waals surface area contributed by atoms with Crippen LogP contribution in [0.25, 0.3) is 0 Å². The van der Waals surface area contributed by atoms with Crippen LogP contribution in [-0.2, 0) is 23.7 Å². The number of nitrogens with one attached hydrogen (secondary N) is 1. The molecular weight excluding hydrogens is 714 g/mol. The first-order chi connectivity index (χ1) is 26.6. The minimum absolute atomic E-state index is 0.0439. The molecule has 12 atom stereocenters. The second-order valence-electron chi connectivity index (χ2n) is 13.7. The molecule has 14 heteroatoms. The molecule has 14 nitrogen and oxygen atoms in total. The molecule has 2 rings (SSSR count). The van der Waals surface area contributed by atoms with Gasteiger partial charge in [-0.15, -0.1) is 0 Å². The minimum Gasteiger partial charge on any atom is -0.394 e. The van der Waals surface area contributed by atoms with Crippen LogP contribution in [0.4, 0.5) is 0 Å². The van der Waals surface area contributed by atoms with Crippen molar-refractivity contribution in [3.8, 4) is 0 Å². The Bertz CT molecular complexity index is 1200. The summed E-state index contributed by atoms with van der Waals surface area (Å²) < 4.78 is 22.4. The van der Waals surface area contributed by atoms with Crippen LogP contribution >= 0.6 is 0 Å². The summed E-state index contributed by atoms with van der Waals surface area (Å²) in [7, 11) is 0. The van der Waals surface area contributed by atoms with Gasteiger partial charge in [-0.05, 0) is 44.9 Å². The Labute approximate surface area is 326 Å². The zero-order chi connectivity index (χ0) is 40.4. The van der Waals surface area contributed by atoms with E-state index in [1.807, 2.05) is 18.2 Å². The van der Waals surface area contributed by atoms with E-state index in [0.717, 1.165) is 57.8 Å². The maximum atomic E-state index is 12.9. The fraction of sp³-hybridized carbons (Fsp3) is 0.683. The van der Waals surface area contributed by atoms with Gasteiger partial charge in [-0.2, -0.15) is 0 Å². The number of allylic oxidation sites excluding steroid dienone is 10. The number of rotatable bonds is 26. The van der Waals surface area contributed by atoms with Crippen molar-refractivity contribution >= 4 is 5.91 Å². The third-order valence-corrected chi connectivity index (χ3v) is 9.18. The molecule has 9 N–H and O–H groups in total. The van der Waals surface area contributed by atoms with Crippen LogP contribution in [-0.4, -0.2) is 140 Å². The van der Waals surface area contributed by atoms with Gasteiger partial charge in [-0.25, -0.2) is 0 Å². The number of aliphatic hydroxyl groups excluding tert-OH is 8. The van der Waals surface area contributed by atoms with Crippen molar-refractivity contribution in [3.63, 3.8) is 0 Å². The number of carbonyl (C=O) groups is 1. The summed E-state index contributed by atoms with van der Waals surface area (Å²) in [5.74, 6) is -0.378. The summed E-state index contributed by atoms with van der Waals surface area (Å²) >= 11 is 0. The quantitative estimate of drug-likeness (QED) is 0.0454. The summed E-state index contributed by atoms with van der Waals surface area (Å²) in [5, 5.41) is 85.7. The molecule has 2 fully saturated rings. The van der Waals surface area contributed by atoms with E-state index in [4.69, 9.17) is 18.9 Å². The lowest BCUT2D eigenvalue weighted by Gasteiger charge is -2.46. The molecule has 0 radical (unpaired) electrons. The van der Waals surface area contributed by atoms with Gasteiger partial charge in [0.05, 0.1) is 32.0 Å². The van der Waals surface area contributed by atoms with Gasteiger partial charge in [0.2, 0.25) is 5.91 Å². The lowest BCUT2D eigenvalue weighted by atomic mass is 9.97. The summed E-state index contributed by atoms with van der Waals surface area (Å²) in [6.45, 7) is 2.44. The molecule has 2 saturated heterocycles. The van der Waals surface area contributed by atoms with Crippen molar-refractivity contribution in [1.29, 1.82) is 0 Å². The molecule has 1 amide bonds. The second kappa shape index (κ2) is 28.8. The van der Waals surface area contributed by atoms with Crippen LogP contribution in [0.15, 0.2) is 72.9 Å². The molecule has 2 aliphatic heterocycles. The van der Waals surface area contributed by atoms with Gasteiger partial charge in [0.1, 0.15) is 48.8 Å². The Hall–Kier alpha value is -2.57. The number of unbranched alkanes of at least 4 members (excludes halogenated alkanes) is 4. The van der Waals surface area contributed by atoms with Crippen molar-refractivity contribution in [2.24, 2.45) is 0 Å². The van der Waals surface area contributed by atoms with E-state index in [1.54, 1.807) is 12.2 Å². The van der Waals surface area contributed by atoms with Gasteiger partial charge in [0.15, 0.2) is 12.6 Å². The van der Waals surface area contributed by atoms with E-state index < -0.39 is 86.8 Å². The fourth-order valence-electron chi connectivity index (χ4n) is 5.88. The highest BCUT2D eigenvalue weighted by atomic mass is 16.7. The van der Waals surface area contributed by atoms with E-state index in [-0.39, 0.29) is 18.9 Å². The molecule has 2 aliphatic rings. The van der Waals surface area contributed by atoms with Crippen molar-refractivity contribution in [2.45, 2.75) is 158 Å². The Kier molecular flexibility index (Phi) is 25.4. The number of ether oxygens (including phenoxy) is 4. The first kappa shape index (κ1) is 48.6. The summed E-state index contributed by atoms with van der Waals surface area (Å²) in [6.07, 6.45) is 16.0. The Morgan fingerprint density at radius 2 is 1.24 bits per heavy atom. The molecule has 12 unspecified atom stereocenters. The highest BCUT2D eigenvalue weighted by molar-refractivity contribution is 5.77. The Balaban J connectivity index is 1.96. The van der Waals surface area contributed by atoms with Gasteiger partial charge >= 0.3 is 0 Å². The maximum Gasteiger partial charge on any atom is 0.224 e. The van der Waals surface area contributed by atoms with Crippen LogP contribution in [0.3, 0.4) is 0 Å². The van der Waals surface area contributed by atoms with Crippen molar-refractivity contribution in [3.05, 3.63) is 72.9 Å². The smallest absolute Gasteiger partial charge is 0.224 e. The number of aliphatic hydroxyl groups is 8. The molecular formula is C41H67NO13. The van der Waals surface area contributed by atoms with Crippen LogP contribution < -0.4 is 5.32 Å². The lowest BCUT2D eigenvalue weighted by molar-refractivity contribution is -0.359. The first-order valence-electron chi connectivity index (χ1n) is 19.7. The average molecular weight is 782 g/mol. The molecule has 0 aromatic carbocycles. The van der Waals surface area contributed by atoms with Crippen LogP contribution in [0.1, 0.15) is 84.5 Å². The highest BCUT2D eigenvalue weighted by Crippen LogP contribution is 2.29. The predicted octanol–water partition coefficient (Wildman–Crippen LogP) is 2.14. The monoisotopic (exact) mass is 781 g/mol. The molecule has 314 valence electrons. The third-order valence-electron chi connectivity index (χ3n) is 9.18. The van der Waals surface area contributed by atoms with E-state index in [0.29, 0.717) is 6.42 Å². The zero-order valence-electron chi connectivity index (χ0n) is 32.4. The van der Waals surface area contributed by atoms with Crippen molar-refractivity contribution < 1.29 is 64.6 Å². The van der Waals surface area contributed by atoms with Gasteiger partial charge in [-0.3, -0.25) is 4.79 Å². The van der Waals surface area contributed by atoms with E-state index in [9.17, 15) is 45.6 Å². The number of amides is 1. The van der Waals surface area contributed by atoms with Crippen LogP contribution in [0.5, 0.6) is 0 Å². The molecule has 0 aromatic rings. The molecule has 0 aromatic heterocycles. The zero-order valence-corrected chi connectivity index (χ0v) is 32.4. The molecule has 0 spiro atoms. The fourth-order valence-corrected chi connectivity index (χ4v) is 5.88. The van der Waals surface area contributed by atoms with Crippen molar-refractivity contribution in [2.75, 3.05) is 19.8 Å². The van der Waals surface area contributed by atoms with Gasteiger partial charge in [-0.1, -0.05) is 106 Å². The van der Waals surface area contributed by atoms with Crippen LogP contribution in [0, 0.1) is 0 Å². The van der Waals surface area contributed by atoms with Crippen LogP contribution in [0.2, 0.25) is 0 Å². The third kappa shape index (κ3) is 18.1. The topological polar surface area (TPSA) is 228 Å². The van der Waals surface area contributed by atoms with Gasteiger partial charge in [0.25, 0.3) is 0 Å². The lowest BCUT2D eigenvalue weighted by Crippen LogP contribution is -2.65. The minimum atomic E-state index is -1.80. The number of hydrogen-bond donors (Lipinski definition) is 9. The molecule has 0 saturated carbocycles. The normalized spacial score (nSPS) is 30.5. The summed E-state index contributed by atoms with van der Waals surface area (Å²) in [5.41, 5.74) is 0. The maximum absolute atomic E-state index is 12.9. The molecule has 55 heavy (non-hydrogen) atoms. The largest absolute Gasteiger partial charge is 0.394 e.